The van der Waals surface area contributed by atoms with Gasteiger partial charge in [0.2, 0.25) is 0 Å². The molecule has 2 N–H and O–H groups in total. The first kappa shape index (κ1) is 14.0. The lowest BCUT2D eigenvalue weighted by Crippen LogP contribution is -2.41. The predicted molar refractivity (Wildman–Crippen MR) is 71.6 cm³/mol. The Kier molecular flexibility index (Phi) is 6.37. The van der Waals surface area contributed by atoms with Crippen molar-refractivity contribution in [1.82, 2.24) is 4.90 Å². The molecule has 2 heteroatoms. The highest BCUT2D eigenvalue weighted by Gasteiger charge is 2.25. The summed E-state index contributed by atoms with van der Waals surface area (Å²) in [4.78, 5) is 2.60. The Labute approximate surface area is 102 Å². The molecule has 2 nitrogen and oxygen atoms in total. The summed E-state index contributed by atoms with van der Waals surface area (Å²) in [6, 6.07) is 1.53. The van der Waals surface area contributed by atoms with Crippen LogP contribution in [0.3, 0.4) is 0 Å². The molecule has 1 rings (SSSR count). The SMILES string of the molecule is CCC1CCC(N(C)C(C)CCCN)CC1. The summed E-state index contributed by atoms with van der Waals surface area (Å²) in [6.07, 6.45) is 9.48. The summed E-state index contributed by atoms with van der Waals surface area (Å²) >= 11 is 0. The van der Waals surface area contributed by atoms with E-state index in [0.717, 1.165) is 24.9 Å². The molecule has 1 saturated carbocycles. The molecule has 16 heavy (non-hydrogen) atoms. The highest BCUT2D eigenvalue weighted by Crippen LogP contribution is 2.30. The fourth-order valence-electron chi connectivity index (χ4n) is 2.94. The Hall–Kier alpha value is -0.0800. The van der Waals surface area contributed by atoms with Crippen LogP contribution in [-0.2, 0) is 0 Å². The van der Waals surface area contributed by atoms with Gasteiger partial charge in [-0.1, -0.05) is 13.3 Å². The van der Waals surface area contributed by atoms with Crippen LogP contribution < -0.4 is 5.73 Å². The van der Waals surface area contributed by atoms with Gasteiger partial charge in [0, 0.05) is 12.1 Å². The summed E-state index contributed by atoms with van der Waals surface area (Å²) in [5, 5.41) is 0. The van der Waals surface area contributed by atoms with E-state index in [9.17, 15) is 0 Å². The van der Waals surface area contributed by atoms with Crippen molar-refractivity contribution in [2.24, 2.45) is 11.7 Å². The quantitative estimate of drug-likeness (QED) is 0.754. The molecule has 0 bridgehead atoms. The standard InChI is InChI=1S/C14H30N2/c1-4-13-7-9-14(10-8-13)16(3)12(2)6-5-11-15/h12-14H,4-11,15H2,1-3H3. The van der Waals surface area contributed by atoms with Crippen molar-refractivity contribution >= 4 is 0 Å². The molecule has 0 aliphatic heterocycles. The highest BCUT2D eigenvalue weighted by atomic mass is 15.2. The van der Waals surface area contributed by atoms with Crippen molar-refractivity contribution in [2.45, 2.75) is 70.9 Å². The molecule has 1 aliphatic carbocycles. The van der Waals surface area contributed by atoms with Crippen LogP contribution in [0.4, 0.5) is 0 Å². The minimum absolute atomic E-state index is 0.701. The van der Waals surface area contributed by atoms with Crippen LogP contribution in [0.15, 0.2) is 0 Å². The largest absolute Gasteiger partial charge is 0.330 e. The van der Waals surface area contributed by atoms with Gasteiger partial charge in [-0.2, -0.15) is 0 Å². The molecule has 0 saturated heterocycles. The van der Waals surface area contributed by atoms with Crippen molar-refractivity contribution in [3.63, 3.8) is 0 Å². The molecular formula is C14H30N2. The molecule has 1 unspecified atom stereocenters. The van der Waals surface area contributed by atoms with E-state index < -0.39 is 0 Å². The first-order valence-corrected chi connectivity index (χ1v) is 7.11. The molecule has 96 valence electrons. The molecule has 0 radical (unpaired) electrons. The lowest BCUT2D eigenvalue weighted by molar-refractivity contribution is 0.121. The van der Waals surface area contributed by atoms with Crippen molar-refractivity contribution in [3.8, 4) is 0 Å². The maximum absolute atomic E-state index is 5.57. The van der Waals surface area contributed by atoms with E-state index in [0.29, 0.717) is 6.04 Å². The van der Waals surface area contributed by atoms with Gasteiger partial charge in [-0.25, -0.2) is 0 Å². The van der Waals surface area contributed by atoms with Gasteiger partial charge in [-0.3, -0.25) is 0 Å². The molecule has 1 atom stereocenters. The fourth-order valence-corrected chi connectivity index (χ4v) is 2.94. The van der Waals surface area contributed by atoms with E-state index >= 15 is 0 Å². The minimum Gasteiger partial charge on any atom is -0.330 e. The third-order valence-corrected chi connectivity index (χ3v) is 4.49. The van der Waals surface area contributed by atoms with Crippen LogP contribution >= 0.6 is 0 Å². The molecule has 1 fully saturated rings. The summed E-state index contributed by atoms with van der Waals surface area (Å²) in [6.45, 7) is 5.51. The average molecular weight is 226 g/mol. The first-order chi connectivity index (χ1) is 7.69. The van der Waals surface area contributed by atoms with Gasteiger partial charge in [0.15, 0.2) is 0 Å². The Morgan fingerprint density at radius 2 is 1.88 bits per heavy atom. The van der Waals surface area contributed by atoms with E-state index in [4.69, 9.17) is 5.73 Å². The Balaban J connectivity index is 2.29. The van der Waals surface area contributed by atoms with Crippen LogP contribution in [0.25, 0.3) is 0 Å². The van der Waals surface area contributed by atoms with Crippen LogP contribution in [0.1, 0.15) is 58.8 Å². The third kappa shape index (κ3) is 4.06. The lowest BCUT2D eigenvalue weighted by atomic mass is 9.83. The Morgan fingerprint density at radius 3 is 2.38 bits per heavy atom. The molecule has 0 amide bonds. The molecule has 0 spiro atoms. The summed E-state index contributed by atoms with van der Waals surface area (Å²) in [5.41, 5.74) is 5.57. The summed E-state index contributed by atoms with van der Waals surface area (Å²) in [5.74, 6) is 1.00. The second kappa shape index (κ2) is 7.29. The van der Waals surface area contributed by atoms with E-state index in [2.05, 4.69) is 25.8 Å². The van der Waals surface area contributed by atoms with Crippen LogP contribution in [-0.4, -0.2) is 30.6 Å². The van der Waals surface area contributed by atoms with E-state index in [1.54, 1.807) is 0 Å². The Morgan fingerprint density at radius 1 is 1.25 bits per heavy atom. The van der Waals surface area contributed by atoms with Gasteiger partial charge in [0.1, 0.15) is 0 Å². The molecule has 0 aromatic carbocycles. The number of nitrogens with two attached hydrogens (primary N) is 1. The van der Waals surface area contributed by atoms with Gasteiger partial charge in [-0.05, 0) is 65.0 Å². The van der Waals surface area contributed by atoms with Crippen molar-refractivity contribution in [2.75, 3.05) is 13.6 Å². The molecule has 0 aromatic rings. The number of hydrogen-bond acceptors (Lipinski definition) is 2. The zero-order chi connectivity index (χ0) is 12.0. The molecular weight excluding hydrogens is 196 g/mol. The van der Waals surface area contributed by atoms with Gasteiger partial charge < -0.3 is 10.6 Å². The van der Waals surface area contributed by atoms with Gasteiger partial charge in [0.05, 0.1) is 0 Å². The lowest BCUT2D eigenvalue weighted by Gasteiger charge is -2.38. The monoisotopic (exact) mass is 226 g/mol. The third-order valence-electron chi connectivity index (χ3n) is 4.49. The highest BCUT2D eigenvalue weighted by molar-refractivity contribution is 4.80. The maximum Gasteiger partial charge on any atom is 0.00952 e. The first-order valence-electron chi connectivity index (χ1n) is 7.11. The number of hydrogen-bond donors (Lipinski definition) is 1. The molecule has 1 aliphatic rings. The molecule has 0 aromatic heterocycles. The van der Waals surface area contributed by atoms with E-state index in [1.165, 1.54) is 38.5 Å². The van der Waals surface area contributed by atoms with Crippen LogP contribution in [0.2, 0.25) is 0 Å². The predicted octanol–water partition coefficient (Wildman–Crippen LogP) is 3.01. The van der Waals surface area contributed by atoms with Crippen LogP contribution in [0, 0.1) is 5.92 Å². The number of rotatable bonds is 6. The van der Waals surface area contributed by atoms with Gasteiger partial charge in [0.25, 0.3) is 0 Å². The van der Waals surface area contributed by atoms with Crippen molar-refractivity contribution in [3.05, 3.63) is 0 Å². The van der Waals surface area contributed by atoms with Crippen LogP contribution in [0.5, 0.6) is 0 Å². The fraction of sp³-hybridized carbons (Fsp3) is 1.00. The topological polar surface area (TPSA) is 29.3 Å². The van der Waals surface area contributed by atoms with Gasteiger partial charge >= 0.3 is 0 Å². The van der Waals surface area contributed by atoms with E-state index in [-0.39, 0.29) is 0 Å². The normalized spacial score (nSPS) is 28.3. The summed E-state index contributed by atoms with van der Waals surface area (Å²) < 4.78 is 0. The zero-order valence-electron chi connectivity index (χ0n) is 11.4. The second-order valence-corrected chi connectivity index (χ2v) is 5.53. The average Bonchev–Trinajstić information content (AvgIpc) is 2.35. The van der Waals surface area contributed by atoms with Gasteiger partial charge in [-0.15, -0.1) is 0 Å². The molecule has 0 heterocycles. The Bertz CT molecular complexity index is 174. The second-order valence-electron chi connectivity index (χ2n) is 5.53. The smallest absolute Gasteiger partial charge is 0.00952 e. The van der Waals surface area contributed by atoms with Crippen molar-refractivity contribution in [1.29, 1.82) is 0 Å². The minimum atomic E-state index is 0.701. The number of nitrogens with zero attached hydrogens (tertiary/aromatic N) is 1. The maximum atomic E-state index is 5.57. The summed E-state index contributed by atoms with van der Waals surface area (Å²) in [7, 11) is 2.30. The van der Waals surface area contributed by atoms with Crippen molar-refractivity contribution < 1.29 is 0 Å². The van der Waals surface area contributed by atoms with E-state index in [1.807, 2.05) is 0 Å². The zero-order valence-corrected chi connectivity index (χ0v) is 11.4.